The SMILES string of the molecule is CC1(C)CCC(C)(C)c2cc3c(cc21)-c1cc(-c2ccc(N(c4ccc5sc6ccccc6c5c4)c4cccc5c4oc4ccccc45)cc2)ccc1C3(C)C. The summed E-state index contributed by atoms with van der Waals surface area (Å²) < 4.78 is 9.25. The summed E-state index contributed by atoms with van der Waals surface area (Å²) in [6.45, 7) is 14.6. The Morgan fingerprint density at radius 3 is 1.93 bits per heavy atom. The first-order valence-corrected chi connectivity index (χ1v) is 20.9. The fraction of sp³-hybridized carbons (Fsp3) is 0.208. The van der Waals surface area contributed by atoms with Crippen LogP contribution < -0.4 is 4.90 Å². The number of nitrogens with zero attached hydrogens (tertiary/aromatic N) is 1. The van der Waals surface area contributed by atoms with Crippen LogP contribution in [-0.4, -0.2) is 0 Å². The van der Waals surface area contributed by atoms with Gasteiger partial charge in [0.05, 0.1) is 5.69 Å². The van der Waals surface area contributed by atoms with E-state index in [2.05, 4.69) is 180 Å². The third-order valence-corrected chi connectivity index (χ3v) is 14.5. The van der Waals surface area contributed by atoms with Crippen molar-refractivity contribution in [2.24, 2.45) is 0 Å². The number of para-hydroxylation sites is 2. The van der Waals surface area contributed by atoms with Gasteiger partial charge in [0, 0.05) is 47.7 Å². The largest absolute Gasteiger partial charge is 0.454 e. The van der Waals surface area contributed by atoms with Crippen molar-refractivity contribution in [3.05, 3.63) is 162 Å². The summed E-state index contributed by atoms with van der Waals surface area (Å²) in [5.41, 5.74) is 16.5. The summed E-state index contributed by atoms with van der Waals surface area (Å²) in [4.78, 5) is 2.37. The van der Waals surface area contributed by atoms with E-state index < -0.39 is 0 Å². The summed E-state index contributed by atoms with van der Waals surface area (Å²) in [6, 6.07) is 51.9. The van der Waals surface area contributed by atoms with Gasteiger partial charge in [0.25, 0.3) is 0 Å². The van der Waals surface area contributed by atoms with Crippen molar-refractivity contribution < 1.29 is 4.42 Å². The molecular formula is C53H45NOS. The molecule has 0 N–H and O–H groups in total. The first-order chi connectivity index (χ1) is 27.0. The van der Waals surface area contributed by atoms with Gasteiger partial charge in [-0.2, -0.15) is 0 Å². The second kappa shape index (κ2) is 11.7. The van der Waals surface area contributed by atoms with Crippen molar-refractivity contribution in [1.82, 2.24) is 0 Å². The summed E-state index contributed by atoms with van der Waals surface area (Å²) in [5, 5.41) is 4.82. The smallest absolute Gasteiger partial charge is 0.159 e. The molecule has 2 heterocycles. The van der Waals surface area contributed by atoms with E-state index in [0.29, 0.717) is 0 Å². The van der Waals surface area contributed by atoms with Gasteiger partial charge in [0.15, 0.2) is 5.58 Å². The molecule has 0 unspecified atom stereocenters. The van der Waals surface area contributed by atoms with E-state index in [0.717, 1.165) is 39.0 Å². The van der Waals surface area contributed by atoms with Crippen LogP contribution in [0.1, 0.15) is 76.6 Å². The highest BCUT2D eigenvalue weighted by molar-refractivity contribution is 7.25. The van der Waals surface area contributed by atoms with Crippen molar-refractivity contribution in [1.29, 1.82) is 0 Å². The standard InChI is InChI=1S/C53H45NOS/c1-51(2)26-27-52(3,4)45-31-43-40(30-44(45)51)39-28-33(20-24-42(39)53(43,5)6)32-18-21-34(22-19-32)54(35-23-25-49-41(29-35)37-13-8-10-17-48(37)56-49)46-15-11-14-38-36-12-7-9-16-47(36)55-50(38)46/h7-25,28-31H,26-27H2,1-6H3. The number of thiophene rings is 1. The van der Waals surface area contributed by atoms with E-state index >= 15 is 0 Å². The molecule has 0 radical (unpaired) electrons. The van der Waals surface area contributed by atoms with E-state index in [4.69, 9.17) is 4.42 Å². The molecule has 274 valence electrons. The zero-order valence-electron chi connectivity index (χ0n) is 33.0. The fourth-order valence-electron chi connectivity index (χ4n) is 9.98. The second-order valence-electron chi connectivity index (χ2n) is 18.0. The number of anilines is 3. The molecule has 11 rings (SSSR count). The van der Waals surface area contributed by atoms with Gasteiger partial charge in [0.1, 0.15) is 5.58 Å². The first kappa shape index (κ1) is 33.7. The Balaban J connectivity index is 1.05. The molecule has 3 heteroatoms. The molecule has 0 bridgehead atoms. The van der Waals surface area contributed by atoms with Crippen molar-refractivity contribution >= 4 is 70.5 Å². The molecule has 0 aliphatic heterocycles. The number of hydrogen-bond acceptors (Lipinski definition) is 3. The van der Waals surface area contributed by atoms with Gasteiger partial charge >= 0.3 is 0 Å². The lowest BCUT2D eigenvalue weighted by Crippen LogP contribution is -2.34. The van der Waals surface area contributed by atoms with Crippen LogP contribution in [0.2, 0.25) is 0 Å². The predicted octanol–water partition coefficient (Wildman–Crippen LogP) is 15.7. The van der Waals surface area contributed by atoms with Gasteiger partial charge < -0.3 is 9.32 Å². The second-order valence-corrected chi connectivity index (χ2v) is 19.1. The molecule has 0 spiro atoms. The monoisotopic (exact) mass is 743 g/mol. The molecule has 0 amide bonds. The molecule has 0 saturated heterocycles. The van der Waals surface area contributed by atoms with Crippen LogP contribution in [0.4, 0.5) is 17.1 Å². The van der Waals surface area contributed by atoms with Gasteiger partial charge in [-0.15, -0.1) is 11.3 Å². The summed E-state index contributed by atoms with van der Waals surface area (Å²) in [6.07, 6.45) is 2.44. The zero-order chi connectivity index (χ0) is 38.1. The van der Waals surface area contributed by atoms with E-state index in [1.165, 1.54) is 72.0 Å². The average molecular weight is 744 g/mol. The van der Waals surface area contributed by atoms with E-state index in [-0.39, 0.29) is 16.2 Å². The molecule has 2 aliphatic rings. The Kier molecular flexibility index (Phi) is 7.03. The maximum Gasteiger partial charge on any atom is 0.159 e. The molecular weight excluding hydrogens is 699 g/mol. The topological polar surface area (TPSA) is 16.4 Å². The highest BCUT2D eigenvalue weighted by Gasteiger charge is 2.42. The minimum absolute atomic E-state index is 0.0488. The molecule has 56 heavy (non-hydrogen) atoms. The lowest BCUT2D eigenvalue weighted by Gasteiger charge is -2.42. The highest BCUT2D eigenvalue weighted by Crippen LogP contribution is 2.55. The lowest BCUT2D eigenvalue weighted by molar-refractivity contribution is 0.331. The minimum Gasteiger partial charge on any atom is -0.454 e. The normalized spacial score (nSPS) is 16.3. The number of fused-ring (bicyclic) bond motifs is 10. The quantitative estimate of drug-likeness (QED) is 0.178. The molecule has 2 aliphatic carbocycles. The average Bonchev–Trinajstić information content (AvgIpc) is 3.84. The Morgan fingerprint density at radius 1 is 0.482 bits per heavy atom. The van der Waals surface area contributed by atoms with Gasteiger partial charge in [-0.25, -0.2) is 0 Å². The highest BCUT2D eigenvalue weighted by atomic mass is 32.1. The first-order valence-electron chi connectivity index (χ1n) is 20.0. The van der Waals surface area contributed by atoms with E-state index in [1.54, 1.807) is 5.56 Å². The van der Waals surface area contributed by atoms with E-state index in [9.17, 15) is 0 Å². The Morgan fingerprint density at radius 2 is 1.12 bits per heavy atom. The van der Waals surface area contributed by atoms with E-state index in [1.807, 2.05) is 17.4 Å². The number of hydrogen-bond donors (Lipinski definition) is 0. The molecule has 2 nitrogen and oxygen atoms in total. The zero-order valence-corrected chi connectivity index (χ0v) is 33.8. The van der Waals surface area contributed by atoms with Crippen molar-refractivity contribution in [3.8, 4) is 22.3 Å². The van der Waals surface area contributed by atoms with Crippen LogP contribution in [-0.2, 0) is 16.2 Å². The van der Waals surface area contributed by atoms with Crippen LogP contribution in [0.5, 0.6) is 0 Å². The maximum absolute atomic E-state index is 6.65. The van der Waals surface area contributed by atoms with Crippen molar-refractivity contribution in [3.63, 3.8) is 0 Å². The van der Waals surface area contributed by atoms with Crippen LogP contribution in [0.3, 0.4) is 0 Å². The summed E-state index contributed by atoms with van der Waals surface area (Å²) in [5.74, 6) is 0. The van der Waals surface area contributed by atoms with Crippen LogP contribution in [0.25, 0.3) is 64.4 Å². The van der Waals surface area contributed by atoms with Gasteiger partial charge in [-0.1, -0.05) is 120 Å². The van der Waals surface area contributed by atoms with Crippen LogP contribution >= 0.6 is 11.3 Å². The fourth-order valence-corrected chi connectivity index (χ4v) is 11.1. The Labute approximate surface area is 333 Å². The Hall–Kier alpha value is -5.64. The summed E-state index contributed by atoms with van der Waals surface area (Å²) >= 11 is 1.85. The van der Waals surface area contributed by atoms with Gasteiger partial charge in [-0.05, 0) is 129 Å². The summed E-state index contributed by atoms with van der Waals surface area (Å²) in [7, 11) is 0. The van der Waals surface area contributed by atoms with Crippen molar-refractivity contribution in [2.45, 2.75) is 70.6 Å². The van der Waals surface area contributed by atoms with Crippen molar-refractivity contribution in [2.75, 3.05) is 4.90 Å². The number of benzene rings is 7. The molecule has 9 aromatic rings. The van der Waals surface area contributed by atoms with Gasteiger partial charge in [-0.3, -0.25) is 0 Å². The molecule has 0 fully saturated rings. The number of rotatable bonds is 4. The Bertz CT molecular complexity index is 3060. The van der Waals surface area contributed by atoms with Gasteiger partial charge in [0.2, 0.25) is 0 Å². The third kappa shape index (κ3) is 4.86. The minimum atomic E-state index is -0.0488. The molecule has 7 aromatic carbocycles. The van der Waals surface area contributed by atoms with Crippen LogP contribution in [0.15, 0.2) is 144 Å². The third-order valence-electron chi connectivity index (χ3n) is 13.3. The molecule has 0 atom stereocenters. The lowest BCUT2D eigenvalue weighted by atomic mass is 9.62. The predicted molar refractivity (Wildman–Crippen MR) is 240 cm³/mol. The number of furan rings is 1. The molecule has 0 saturated carbocycles. The maximum atomic E-state index is 6.65. The molecule has 2 aromatic heterocycles. The van der Waals surface area contributed by atoms with Crippen LogP contribution in [0, 0.1) is 0 Å².